The third kappa shape index (κ3) is 5.69. The van der Waals surface area contributed by atoms with Crippen molar-refractivity contribution in [2.24, 2.45) is 0 Å². The lowest BCUT2D eigenvalue weighted by Gasteiger charge is -2.14. The maximum atomic E-state index is 13.0. The summed E-state index contributed by atoms with van der Waals surface area (Å²) in [5, 5.41) is 8.24. The standard InChI is InChI=1S/C24H25N5O5S/c1-4-32-20-10-11-22(21(16-20)33-5-2)35(30,31)28-18-6-8-19(9-7-18)34-24-13-12-23(26-27-24)29-15-14-25-17(29)3/h6-16,28H,4-5H2,1-3H3. The summed E-state index contributed by atoms with van der Waals surface area (Å²) in [4.78, 5) is 4.18. The van der Waals surface area contributed by atoms with Crippen molar-refractivity contribution in [3.8, 4) is 28.9 Å². The molecule has 2 heterocycles. The van der Waals surface area contributed by atoms with E-state index in [1.54, 1.807) is 72.4 Å². The van der Waals surface area contributed by atoms with Crippen LogP contribution >= 0.6 is 0 Å². The number of sulfonamides is 1. The van der Waals surface area contributed by atoms with E-state index in [2.05, 4.69) is 19.9 Å². The highest BCUT2D eigenvalue weighted by Crippen LogP contribution is 2.31. The van der Waals surface area contributed by atoms with Gasteiger partial charge >= 0.3 is 0 Å². The van der Waals surface area contributed by atoms with E-state index < -0.39 is 10.0 Å². The molecule has 0 atom stereocenters. The normalized spacial score (nSPS) is 11.2. The molecule has 0 fully saturated rings. The Balaban J connectivity index is 1.46. The Morgan fingerprint density at radius 2 is 1.66 bits per heavy atom. The molecule has 0 amide bonds. The molecule has 0 bridgehead atoms. The van der Waals surface area contributed by atoms with Crippen LogP contribution in [-0.4, -0.2) is 41.4 Å². The van der Waals surface area contributed by atoms with Crippen LogP contribution in [0.4, 0.5) is 5.69 Å². The molecule has 4 aromatic rings. The van der Waals surface area contributed by atoms with Crippen LogP contribution in [0, 0.1) is 6.92 Å². The Kier molecular flexibility index (Phi) is 7.16. The summed E-state index contributed by atoms with van der Waals surface area (Å²) in [5.74, 6) is 2.95. The highest BCUT2D eigenvalue weighted by Gasteiger charge is 2.21. The Bertz CT molecular complexity index is 1390. The van der Waals surface area contributed by atoms with Gasteiger partial charge in [0.15, 0.2) is 5.82 Å². The molecule has 11 heteroatoms. The Labute approximate surface area is 203 Å². The molecule has 0 aliphatic rings. The van der Waals surface area contributed by atoms with E-state index in [1.807, 2.05) is 13.8 Å². The van der Waals surface area contributed by atoms with Crippen molar-refractivity contribution in [1.29, 1.82) is 0 Å². The average molecular weight is 496 g/mol. The van der Waals surface area contributed by atoms with Crippen LogP contribution in [0.25, 0.3) is 5.82 Å². The van der Waals surface area contributed by atoms with Gasteiger partial charge in [0.1, 0.15) is 28.0 Å². The van der Waals surface area contributed by atoms with Crippen LogP contribution in [-0.2, 0) is 10.0 Å². The molecule has 0 radical (unpaired) electrons. The molecule has 0 aliphatic heterocycles. The number of ether oxygens (including phenoxy) is 3. The van der Waals surface area contributed by atoms with Gasteiger partial charge in [-0.2, -0.15) is 0 Å². The first-order valence-corrected chi connectivity index (χ1v) is 12.4. The SMILES string of the molecule is CCOc1ccc(S(=O)(=O)Nc2ccc(Oc3ccc(-n4ccnc4C)nn3)cc2)c(OCC)c1. The molecule has 0 saturated heterocycles. The van der Waals surface area contributed by atoms with E-state index in [4.69, 9.17) is 14.2 Å². The van der Waals surface area contributed by atoms with Gasteiger partial charge < -0.3 is 14.2 Å². The molecule has 10 nitrogen and oxygen atoms in total. The fraction of sp³-hybridized carbons (Fsp3) is 0.208. The van der Waals surface area contributed by atoms with Gasteiger partial charge in [-0.25, -0.2) is 13.4 Å². The second-order valence-electron chi connectivity index (χ2n) is 7.28. The molecule has 4 rings (SSSR count). The predicted octanol–water partition coefficient (Wildman–Crippen LogP) is 4.36. The van der Waals surface area contributed by atoms with Gasteiger partial charge in [0.05, 0.1) is 13.2 Å². The van der Waals surface area contributed by atoms with Crippen molar-refractivity contribution < 1.29 is 22.6 Å². The molecule has 2 aromatic carbocycles. The zero-order chi connectivity index (χ0) is 24.8. The van der Waals surface area contributed by atoms with E-state index in [-0.39, 0.29) is 10.6 Å². The number of imidazole rings is 1. The van der Waals surface area contributed by atoms with Gasteiger partial charge in [-0.05, 0) is 63.2 Å². The Hall–Kier alpha value is -4.12. The van der Waals surface area contributed by atoms with E-state index in [1.165, 1.54) is 6.07 Å². The molecule has 0 spiro atoms. The van der Waals surface area contributed by atoms with E-state index in [9.17, 15) is 8.42 Å². The molecule has 2 aromatic heterocycles. The predicted molar refractivity (Wildman–Crippen MR) is 130 cm³/mol. The number of anilines is 1. The first-order valence-electron chi connectivity index (χ1n) is 10.9. The lowest BCUT2D eigenvalue weighted by atomic mass is 10.3. The van der Waals surface area contributed by atoms with Crippen LogP contribution in [0.1, 0.15) is 19.7 Å². The monoisotopic (exact) mass is 495 g/mol. The minimum absolute atomic E-state index is 0.0200. The lowest BCUT2D eigenvalue weighted by molar-refractivity contribution is 0.317. The maximum Gasteiger partial charge on any atom is 0.265 e. The largest absolute Gasteiger partial charge is 0.494 e. The number of nitrogens with zero attached hydrogens (tertiary/aromatic N) is 4. The van der Waals surface area contributed by atoms with Crippen LogP contribution in [0.15, 0.2) is 71.9 Å². The molecular formula is C24H25N5O5S. The summed E-state index contributed by atoms with van der Waals surface area (Å²) >= 11 is 0. The summed E-state index contributed by atoms with van der Waals surface area (Å²) in [5.41, 5.74) is 0.366. The van der Waals surface area contributed by atoms with Gasteiger partial charge in [-0.1, -0.05) is 0 Å². The van der Waals surface area contributed by atoms with Crippen molar-refractivity contribution in [2.45, 2.75) is 25.7 Å². The van der Waals surface area contributed by atoms with Gasteiger partial charge in [0.25, 0.3) is 10.0 Å². The summed E-state index contributed by atoms with van der Waals surface area (Å²) in [6, 6.07) is 14.5. The van der Waals surface area contributed by atoms with E-state index >= 15 is 0 Å². The zero-order valence-electron chi connectivity index (χ0n) is 19.5. The maximum absolute atomic E-state index is 13.0. The zero-order valence-corrected chi connectivity index (χ0v) is 20.3. The number of nitrogens with one attached hydrogen (secondary N) is 1. The second-order valence-corrected chi connectivity index (χ2v) is 8.93. The molecule has 0 saturated carbocycles. The van der Waals surface area contributed by atoms with Gasteiger partial charge in [-0.15, -0.1) is 10.2 Å². The lowest BCUT2D eigenvalue weighted by Crippen LogP contribution is -2.14. The average Bonchev–Trinajstić information content (AvgIpc) is 3.27. The number of benzene rings is 2. The van der Waals surface area contributed by atoms with Crippen molar-refractivity contribution in [2.75, 3.05) is 17.9 Å². The molecule has 182 valence electrons. The fourth-order valence-electron chi connectivity index (χ4n) is 3.27. The van der Waals surface area contributed by atoms with Crippen molar-refractivity contribution in [3.63, 3.8) is 0 Å². The highest BCUT2D eigenvalue weighted by molar-refractivity contribution is 7.92. The molecule has 1 N–H and O–H groups in total. The second kappa shape index (κ2) is 10.4. The first kappa shape index (κ1) is 24.0. The van der Waals surface area contributed by atoms with Gasteiger partial charge in [-0.3, -0.25) is 9.29 Å². The summed E-state index contributed by atoms with van der Waals surface area (Å²) in [6.45, 7) is 6.28. The number of hydrogen-bond acceptors (Lipinski definition) is 8. The van der Waals surface area contributed by atoms with Gasteiger partial charge in [0, 0.05) is 30.2 Å². The van der Waals surface area contributed by atoms with Gasteiger partial charge in [0.2, 0.25) is 5.88 Å². The van der Waals surface area contributed by atoms with Crippen LogP contribution in [0.5, 0.6) is 23.1 Å². The number of hydrogen-bond donors (Lipinski definition) is 1. The van der Waals surface area contributed by atoms with Crippen LogP contribution in [0.2, 0.25) is 0 Å². The third-order valence-electron chi connectivity index (χ3n) is 4.84. The minimum Gasteiger partial charge on any atom is -0.494 e. The van der Waals surface area contributed by atoms with Crippen molar-refractivity contribution in [1.82, 2.24) is 19.7 Å². The number of aromatic nitrogens is 4. The van der Waals surface area contributed by atoms with Crippen molar-refractivity contribution >= 4 is 15.7 Å². The quantitative estimate of drug-likeness (QED) is 0.345. The van der Waals surface area contributed by atoms with Crippen molar-refractivity contribution in [3.05, 3.63) is 72.8 Å². The van der Waals surface area contributed by atoms with Crippen LogP contribution < -0.4 is 18.9 Å². The molecule has 0 unspecified atom stereocenters. The smallest absolute Gasteiger partial charge is 0.265 e. The molecular weight excluding hydrogens is 470 g/mol. The first-order chi connectivity index (χ1) is 16.9. The number of rotatable bonds is 10. The topological polar surface area (TPSA) is 117 Å². The molecule has 0 aliphatic carbocycles. The number of aryl methyl sites for hydroxylation is 1. The molecule has 35 heavy (non-hydrogen) atoms. The fourth-order valence-corrected chi connectivity index (χ4v) is 4.46. The van der Waals surface area contributed by atoms with E-state index in [0.717, 1.165) is 5.82 Å². The Morgan fingerprint density at radius 1 is 0.914 bits per heavy atom. The minimum atomic E-state index is -3.90. The third-order valence-corrected chi connectivity index (χ3v) is 6.26. The van der Waals surface area contributed by atoms with E-state index in [0.29, 0.717) is 42.1 Å². The summed E-state index contributed by atoms with van der Waals surface area (Å²) in [6.07, 6.45) is 3.48. The Morgan fingerprint density at radius 3 is 2.29 bits per heavy atom. The van der Waals surface area contributed by atoms with Crippen LogP contribution in [0.3, 0.4) is 0 Å². The summed E-state index contributed by atoms with van der Waals surface area (Å²) < 4.78 is 47.1. The highest BCUT2D eigenvalue weighted by atomic mass is 32.2. The summed E-state index contributed by atoms with van der Waals surface area (Å²) in [7, 11) is -3.90.